The van der Waals surface area contributed by atoms with Gasteiger partial charge >= 0.3 is 0 Å². The maximum Gasteiger partial charge on any atom is 0.187 e. The average Bonchev–Trinajstić information content (AvgIpc) is 2.87. The molecule has 0 radical (unpaired) electrons. The lowest BCUT2D eigenvalue weighted by molar-refractivity contribution is 0.474. The molecule has 2 rings (SSSR count). The summed E-state index contributed by atoms with van der Waals surface area (Å²) < 4.78 is 0. The van der Waals surface area contributed by atoms with Crippen LogP contribution in [0.25, 0.3) is 0 Å². The van der Waals surface area contributed by atoms with Gasteiger partial charge in [-0.3, -0.25) is 5.43 Å². The fourth-order valence-electron chi connectivity index (χ4n) is 2.13. The smallest absolute Gasteiger partial charge is 0.187 e. The predicted octanol–water partition coefficient (Wildman–Crippen LogP) is 3.44. The number of rotatable bonds is 3. The first-order chi connectivity index (χ1) is 9.56. The standard InChI is InChI=1S/C13H15Cl2N3OS/c14-9-5-8(12(19)11(15)6-9)7-16-18-13(20)17-10-3-1-2-4-10/h5-7,10,19H,1-4H2,(H2,17,18,20)/b16-7+. The molecule has 0 unspecified atom stereocenters. The SMILES string of the molecule is Oc1c(Cl)cc(Cl)cc1/C=N/NC(=S)NC1CCCC1. The number of nitrogens with one attached hydrogen (secondary N) is 2. The monoisotopic (exact) mass is 331 g/mol. The third-order valence-electron chi connectivity index (χ3n) is 3.12. The molecule has 0 aromatic heterocycles. The van der Waals surface area contributed by atoms with Crippen LogP contribution in [0.15, 0.2) is 17.2 Å². The Kier molecular flexibility index (Phi) is 5.46. The number of thiocarbonyl (C=S) groups is 1. The fourth-order valence-corrected chi connectivity index (χ4v) is 2.86. The van der Waals surface area contributed by atoms with E-state index in [1.54, 1.807) is 6.07 Å². The van der Waals surface area contributed by atoms with Crippen LogP contribution in [0, 0.1) is 0 Å². The van der Waals surface area contributed by atoms with Gasteiger partial charge in [0, 0.05) is 16.6 Å². The van der Waals surface area contributed by atoms with Gasteiger partial charge in [0.15, 0.2) is 5.11 Å². The maximum absolute atomic E-state index is 9.76. The Morgan fingerprint density at radius 3 is 2.75 bits per heavy atom. The highest BCUT2D eigenvalue weighted by atomic mass is 35.5. The molecule has 1 aromatic carbocycles. The third-order valence-corrected chi connectivity index (χ3v) is 3.83. The second-order valence-electron chi connectivity index (χ2n) is 4.65. The first kappa shape index (κ1) is 15.4. The van der Waals surface area contributed by atoms with Crippen LogP contribution in [-0.4, -0.2) is 22.5 Å². The second kappa shape index (κ2) is 7.11. The minimum absolute atomic E-state index is 0.0590. The molecule has 0 heterocycles. The summed E-state index contributed by atoms with van der Waals surface area (Å²) in [4.78, 5) is 0. The highest BCUT2D eigenvalue weighted by Gasteiger charge is 2.15. The fraction of sp³-hybridized carbons (Fsp3) is 0.385. The van der Waals surface area contributed by atoms with Gasteiger partial charge in [-0.25, -0.2) is 0 Å². The molecule has 1 saturated carbocycles. The van der Waals surface area contributed by atoms with Gasteiger partial charge in [0.05, 0.1) is 11.2 Å². The molecule has 1 aliphatic carbocycles. The number of hydrogen-bond acceptors (Lipinski definition) is 3. The molecule has 108 valence electrons. The Labute approximate surface area is 133 Å². The molecule has 1 aliphatic rings. The van der Waals surface area contributed by atoms with E-state index in [0.717, 1.165) is 12.8 Å². The van der Waals surface area contributed by atoms with E-state index in [1.165, 1.54) is 25.1 Å². The van der Waals surface area contributed by atoms with E-state index in [-0.39, 0.29) is 10.8 Å². The van der Waals surface area contributed by atoms with E-state index >= 15 is 0 Å². The van der Waals surface area contributed by atoms with Gasteiger partial charge < -0.3 is 10.4 Å². The van der Waals surface area contributed by atoms with Crippen LogP contribution in [-0.2, 0) is 0 Å². The molecule has 0 amide bonds. The predicted molar refractivity (Wildman–Crippen MR) is 86.8 cm³/mol. The van der Waals surface area contributed by atoms with Crippen molar-refractivity contribution >= 4 is 46.7 Å². The number of halogens is 2. The van der Waals surface area contributed by atoms with Gasteiger partial charge in [-0.2, -0.15) is 5.10 Å². The summed E-state index contributed by atoms with van der Waals surface area (Å²) in [5, 5.41) is 18.0. The lowest BCUT2D eigenvalue weighted by Crippen LogP contribution is -2.38. The number of benzene rings is 1. The zero-order valence-corrected chi connectivity index (χ0v) is 13.0. The second-order valence-corrected chi connectivity index (χ2v) is 5.90. The molecule has 1 aromatic rings. The third kappa shape index (κ3) is 4.23. The van der Waals surface area contributed by atoms with Crippen LogP contribution < -0.4 is 10.7 Å². The van der Waals surface area contributed by atoms with E-state index in [9.17, 15) is 5.11 Å². The van der Waals surface area contributed by atoms with Crippen LogP contribution in [0.4, 0.5) is 0 Å². The summed E-state index contributed by atoms with van der Waals surface area (Å²) in [6.07, 6.45) is 6.17. The summed E-state index contributed by atoms with van der Waals surface area (Å²) in [6.45, 7) is 0. The zero-order chi connectivity index (χ0) is 14.5. The number of phenols is 1. The first-order valence-corrected chi connectivity index (χ1v) is 7.50. The highest BCUT2D eigenvalue weighted by Crippen LogP contribution is 2.29. The molecule has 0 saturated heterocycles. The summed E-state index contributed by atoms with van der Waals surface area (Å²) in [5.41, 5.74) is 3.15. The van der Waals surface area contributed by atoms with Crippen LogP contribution in [0.2, 0.25) is 10.0 Å². The van der Waals surface area contributed by atoms with Gasteiger partial charge in [0.25, 0.3) is 0 Å². The van der Waals surface area contributed by atoms with Crippen molar-refractivity contribution < 1.29 is 5.11 Å². The Balaban J connectivity index is 1.91. The van der Waals surface area contributed by atoms with Gasteiger partial charge in [-0.15, -0.1) is 0 Å². The van der Waals surface area contributed by atoms with Crippen molar-refractivity contribution in [3.05, 3.63) is 27.7 Å². The van der Waals surface area contributed by atoms with Gasteiger partial charge in [-0.05, 0) is 37.2 Å². The number of phenolic OH excluding ortho intramolecular Hbond substituents is 1. The van der Waals surface area contributed by atoms with E-state index in [1.807, 2.05) is 0 Å². The van der Waals surface area contributed by atoms with Crippen LogP contribution in [0.1, 0.15) is 31.2 Å². The molecule has 0 aliphatic heterocycles. The van der Waals surface area contributed by atoms with Gasteiger partial charge in [0.1, 0.15) is 5.75 Å². The molecular formula is C13H15Cl2N3OS. The molecule has 0 bridgehead atoms. The van der Waals surface area contributed by atoms with Crippen molar-refractivity contribution in [2.45, 2.75) is 31.7 Å². The van der Waals surface area contributed by atoms with Gasteiger partial charge in [0.2, 0.25) is 0 Å². The van der Waals surface area contributed by atoms with Crippen molar-refractivity contribution in [2.24, 2.45) is 5.10 Å². The van der Waals surface area contributed by atoms with Gasteiger partial charge in [-0.1, -0.05) is 36.0 Å². The number of hydrazone groups is 1. The Hall–Kier alpha value is -1.04. The largest absolute Gasteiger partial charge is 0.506 e. The summed E-state index contributed by atoms with van der Waals surface area (Å²) >= 11 is 16.8. The quantitative estimate of drug-likeness (QED) is 0.451. The van der Waals surface area contributed by atoms with Crippen LogP contribution in [0.3, 0.4) is 0 Å². The topological polar surface area (TPSA) is 56.7 Å². The number of hydrogen-bond donors (Lipinski definition) is 3. The molecule has 20 heavy (non-hydrogen) atoms. The molecule has 1 fully saturated rings. The normalized spacial score (nSPS) is 15.7. The molecule has 0 spiro atoms. The number of nitrogens with zero attached hydrogens (tertiary/aromatic N) is 1. The van der Waals surface area contributed by atoms with Crippen molar-refractivity contribution in [3.8, 4) is 5.75 Å². The molecule has 7 heteroatoms. The molecule has 0 atom stereocenters. The zero-order valence-electron chi connectivity index (χ0n) is 10.7. The molecule has 4 nitrogen and oxygen atoms in total. The van der Waals surface area contributed by atoms with Crippen molar-refractivity contribution in [2.75, 3.05) is 0 Å². The van der Waals surface area contributed by atoms with Crippen molar-refractivity contribution in [3.63, 3.8) is 0 Å². The highest BCUT2D eigenvalue weighted by molar-refractivity contribution is 7.80. The summed E-state index contributed by atoms with van der Waals surface area (Å²) in [6, 6.07) is 3.47. The van der Waals surface area contributed by atoms with E-state index < -0.39 is 0 Å². The Morgan fingerprint density at radius 2 is 2.05 bits per heavy atom. The van der Waals surface area contributed by atoms with Crippen LogP contribution >= 0.6 is 35.4 Å². The lowest BCUT2D eigenvalue weighted by atomic mass is 10.2. The minimum atomic E-state index is -0.0590. The average molecular weight is 332 g/mol. The van der Waals surface area contributed by atoms with E-state index in [2.05, 4.69) is 15.8 Å². The van der Waals surface area contributed by atoms with Crippen molar-refractivity contribution in [1.29, 1.82) is 0 Å². The first-order valence-electron chi connectivity index (χ1n) is 6.34. The van der Waals surface area contributed by atoms with Crippen LogP contribution in [0.5, 0.6) is 5.75 Å². The summed E-state index contributed by atoms with van der Waals surface area (Å²) in [5.74, 6) is -0.0590. The Morgan fingerprint density at radius 1 is 1.35 bits per heavy atom. The van der Waals surface area contributed by atoms with E-state index in [4.69, 9.17) is 35.4 Å². The Bertz CT molecular complexity index is 531. The van der Waals surface area contributed by atoms with E-state index in [0.29, 0.717) is 21.7 Å². The molecule has 3 N–H and O–H groups in total. The molecular weight excluding hydrogens is 317 g/mol. The van der Waals surface area contributed by atoms with Crippen molar-refractivity contribution in [1.82, 2.24) is 10.7 Å². The minimum Gasteiger partial charge on any atom is -0.506 e. The maximum atomic E-state index is 9.76. The lowest BCUT2D eigenvalue weighted by Gasteiger charge is -2.13. The summed E-state index contributed by atoms with van der Waals surface area (Å²) in [7, 11) is 0. The number of aromatic hydroxyl groups is 1.